The summed E-state index contributed by atoms with van der Waals surface area (Å²) in [6, 6.07) is 3.42. The fourth-order valence-electron chi connectivity index (χ4n) is 2.07. The number of rotatable bonds is 4. The van der Waals surface area contributed by atoms with Crippen LogP contribution in [-0.2, 0) is 11.2 Å². The van der Waals surface area contributed by atoms with E-state index in [1.807, 2.05) is 13.8 Å². The summed E-state index contributed by atoms with van der Waals surface area (Å²) in [5, 5.41) is 9.80. The molecule has 0 amide bonds. The highest BCUT2D eigenvalue weighted by Gasteiger charge is 2.24. The molecular formula is C13H14Cl2N2O2. The van der Waals surface area contributed by atoms with Gasteiger partial charge in [-0.3, -0.25) is 4.79 Å². The monoisotopic (exact) mass is 300 g/mol. The number of imidazole rings is 1. The largest absolute Gasteiger partial charge is 0.481 e. The van der Waals surface area contributed by atoms with Crippen LogP contribution in [-0.4, -0.2) is 21.0 Å². The maximum Gasteiger partial charge on any atom is 0.303 e. The first kappa shape index (κ1) is 14.2. The Kier molecular flexibility index (Phi) is 3.74. The van der Waals surface area contributed by atoms with Crippen LogP contribution in [0.1, 0.15) is 26.1 Å². The average Bonchev–Trinajstić information content (AvgIpc) is 2.56. The quantitative estimate of drug-likeness (QED) is 0.899. The Hall–Kier alpha value is -1.26. The van der Waals surface area contributed by atoms with Crippen LogP contribution in [0, 0.1) is 5.41 Å². The Morgan fingerprint density at radius 1 is 1.37 bits per heavy atom. The third-order valence-electron chi connectivity index (χ3n) is 2.85. The lowest BCUT2D eigenvalue weighted by atomic mass is 9.85. The van der Waals surface area contributed by atoms with E-state index in [0.29, 0.717) is 16.5 Å². The highest BCUT2D eigenvalue weighted by molar-refractivity contribution is 6.42. The summed E-state index contributed by atoms with van der Waals surface area (Å²) >= 11 is 11.9. The molecule has 19 heavy (non-hydrogen) atoms. The number of carboxylic acids is 1. The predicted molar refractivity (Wildman–Crippen MR) is 75.9 cm³/mol. The van der Waals surface area contributed by atoms with Crippen molar-refractivity contribution in [3.05, 3.63) is 28.0 Å². The van der Waals surface area contributed by atoms with E-state index >= 15 is 0 Å². The zero-order valence-corrected chi connectivity index (χ0v) is 12.1. The van der Waals surface area contributed by atoms with Gasteiger partial charge in [0, 0.05) is 6.42 Å². The van der Waals surface area contributed by atoms with Gasteiger partial charge < -0.3 is 10.1 Å². The smallest absolute Gasteiger partial charge is 0.303 e. The molecule has 2 N–H and O–H groups in total. The Balaban J connectivity index is 2.29. The van der Waals surface area contributed by atoms with Gasteiger partial charge in [-0.05, 0) is 17.5 Å². The van der Waals surface area contributed by atoms with Crippen LogP contribution in [0.15, 0.2) is 12.1 Å². The van der Waals surface area contributed by atoms with Crippen molar-refractivity contribution in [2.24, 2.45) is 5.41 Å². The van der Waals surface area contributed by atoms with Crippen molar-refractivity contribution >= 4 is 40.2 Å². The second-order valence-electron chi connectivity index (χ2n) is 5.38. The predicted octanol–water partition coefficient (Wildman–Crippen LogP) is 3.91. The molecule has 0 aliphatic heterocycles. The van der Waals surface area contributed by atoms with Gasteiger partial charge in [0.1, 0.15) is 5.82 Å². The molecule has 0 saturated carbocycles. The van der Waals surface area contributed by atoms with Gasteiger partial charge in [0.2, 0.25) is 0 Å². The average molecular weight is 301 g/mol. The van der Waals surface area contributed by atoms with E-state index in [1.54, 1.807) is 12.1 Å². The highest BCUT2D eigenvalue weighted by atomic mass is 35.5. The minimum absolute atomic E-state index is 0.0888. The zero-order valence-electron chi connectivity index (χ0n) is 10.6. The topological polar surface area (TPSA) is 66.0 Å². The number of carbonyl (C=O) groups is 1. The van der Waals surface area contributed by atoms with Crippen molar-refractivity contribution in [3.63, 3.8) is 0 Å². The van der Waals surface area contributed by atoms with Gasteiger partial charge in [0.25, 0.3) is 0 Å². The van der Waals surface area contributed by atoms with E-state index < -0.39 is 5.97 Å². The van der Waals surface area contributed by atoms with Crippen LogP contribution >= 0.6 is 23.2 Å². The number of fused-ring (bicyclic) bond motifs is 1. The Bertz CT molecular complexity index is 596. The van der Waals surface area contributed by atoms with E-state index in [1.165, 1.54) is 0 Å². The number of nitrogens with zero attached hydrogens (tertiary/aromatic N) is 1. The number of aromatic nitrogens is 2. The van der Waals surface area contributed by atoms with Crippen LogP contribution in [0.3, 0.4) is 0 Å². The van der Waals surface area contributed by atoms with Crippen molar-refractivity contribution in [2.75, 3.05) is 0 Å². The number of hydrogen-bond acceptors (Lipinski definition) is 2. The first-order chi connectivity index (χ1) is 8.77. The lowest BCUT2D eigenvalue weighted by Crippen LogP contribution is -2.20. The van der Waals surface area contributed by atoms with E-state index in [9.17, 15) is 4.79 Å². The third-order valence-corrected chi connectivity index (χ3v) is 3.57. The second kappa shape index (κ2) is 5.02. The van der Waals surface area contributed by atoms with Crippen LogP contribution in [0.25, 0.3) is 11.0 Å². The molecule has 102 valence electrons. The summed E-state index contributed by atoms with van der Waals surface area (Å²) in [5.41, 5.74) is 1.17. The van der Waals surface area contributed by atoms with Gasteiger partial charge >= 0.3 is 5.97 Å². The number of nitrogens with one attached hydrogen (secondary N) is 1. The molecule has 2 rings (SSSR count). The number of hydrogen-bond donors (Lipinski definition) is 2. The molecular weight excluding hydrogens is 287 g/mol. The van der Waals surface area contributed by atoms with Gasteiger partial charge in [-0.2, -0.15) is 0 Å². The molecule has 0 fully saturated rings. The van der Waals surface area contributed by atoms with Crippen LogP contribution < -0.4 is 0 Å². The molecule has 1 aromatic carbocycles. The number of carboxylic acid groups (broad SMARTS) is 1. The normalized spacial score (nSPS) is 12.0. The zero-order chi connectivity index (χ0) is 14.2. The minimum Gasteiger partial charge on any atom is -0.481 e. The molecule has 0 saturated heterocycles. The molecule has 0 radical (unpaired) electrons. The molecule has 4 nitrogen and oxygen atoms in total. The summed E-state index contributed by atoms with van der Waals surface area (Å²) in [6.45, 7) is 3.79. The second-order valence-corrected chi connectivity index (χ2v) is 6.19. The van der Waals surface area contributed by atoms with Gasteiger partial charge in [0.05, 0.1) is 27.5 Å². The Labute approximate surface area is 120 Å². The maximum absolute atomic E-state index is 10.8. The lowest BCUT2D eigenvalue weighted by Gasteiger charge is -2.20. The fourth-order valence-corrected chi connectivity index (χ4v) is 2.39. The van der Waals surface area contributed by atoms with E-state index in [4.69, 9.17) is 28.3 Å². The van der Waals surface area contributed by atoms with E-state index in [-0.39, 0.29) is 11.8 Å². The van der Waals surface area contributed by atoms with Crippen molar-refractivity contribution in [1.82, 2.24) is 9.97 Å². The molecule has 1 aromatic heterocycles. The first-order valence-corrected chi connectivity index (χ1v) is 6.58. The molecule has 0 spiro atoms. The highest BCUT2D eigenvalue weighted by Crippen LogP contribution is 2.29. The van der Waals surface area contributed by atoms with Gasteiger partial charge in [-0.25, -0.2) is 4.98 Å². The number of aromatic amines is 1. The summed E-state index contributed by atoms with van der Waals surface area (Å²) in [6.07, 6.45) is 0.634. The minimum atomic E-state index is -0.813. The molecule has 6 heteroatoms. The van der Waals surface area contributed by atoms with Crippen molar-refractivity contribution in [3.8, 4) is 0 Å². The first-order valence-electron chi connectivity index (χ1n) is 5.82. The van der Waals surface area contributed by atoms with Gasteiger partial charge in [0.15, 0.2) is 0 Å². The fraction of sp³-hybridized carbons (Fsp3) is 0.385. The molecule has 0 aliphatic carbocycles. The van der Waals surface area contributed by atoms with E-state index in [0.717, 1.165) is 16.9 Å². The molecule has 0 bridgehead atoms. The van der Waals surface area contributed by atoms with Crippen LogP contribution in [0.2, 0.25) is 10.0 Å². The van der Waals surface area contributed by atoms with Crippen molar-refractivity contribution < 1.29 is 9.90 Å². The van der Waals surface area contributed by atoms with Crippen molar-refractivity contribution in [1.29, 1.82) is 0 Å². The third kappa shape index (κ3) is 3.39. The van der Waals surface area contributed by atoms with E-state index in [2.05, 4.69) is 9.97 Å². The lowest BCUT2D eigenvalue weighted by molar-refractivity contribution is -0.139. The summed E-state index contributed by atoms with van der Waals surface area (Å²) in [4.78, 5) is 18.4. The Morgan fingerprint density at radius 2 is 2.00 bits per heavy atom. The summed E-state index contributed by atoms with van der Waals surface area (Å²) in [7, 11) is 0. The van der Waals surface area contributed by atoms with Gasteiger partial charge in [-0.15, -0.1) is 0 Å². The van der Waals surface area contributed by atoms with Crippen molar-refractivity contribution in [2.45, 2.75) is 26.7 Å². The Morgan fingerprint density at radius 3 is 2.63 bits per heavy atom. The summed E-state index contributed by atoms with van der Waals surface area (Å²) < 4.78 is 0. The molecule has 0 unspecified atom stereocenters. The number of benzene rings is 1. The number of halogens is 2. The molecule has 0 aliphatic rings. The number of H-pyrrole nitrogens is 1. The van der Waals surface area contributed by atoms with Gasteiger partial charge in [-0.1, -0.05) is 37.0 Å². The molecule has 2 aromatic rings. The number of aliphatic carboxylic acids is 1. The van der Waals surface area contributed by atoms with Crippen LogP contribution in [0.5, 0.6) is 0 Å². The molecule has 1 heterocycles. The molecule has 0 atom stereocenters. The standard InChI is InChI=1S/C13H14Cl2N2O2/c1-13(2,6-12(18)19)5-11-16-9-3-7(14)8(15)4-10(9)17-11/h3-4H,5-6H2,1-2H3,(H,16,17)(H,18,19). The maximum atomic E-state index is 10.8. The summed E-state index contributed by atoms with van der Waals surface area (Å²) in [5.74, 6) is -0.0771. The van der Waals surface area contributed by atoms with Crippen LogP contribution in [0.4, 0.5) is 0 Å². The SMILES string of the molecule is CC(C)(CC(=O)O)Cc1nc2cc(Cl)c(Cl)cc2[nH]1.